The standard InChI is InChI=1S/C13H16N2O3/c1-3-17-11-5-7-12(8-6-11)18-13(16)15(2)10-4-9-14/h5-8H,3-4,10H2,1-2H3. The lowest BCUT2D eigenvalue weighted by molar-refractivity contribution is 0.164. The Morgan fingerprint density at radius 3 is 2.50 bits per heavy atom. The van der Waals surface area contributed by atoms with E-state index in [9.17, 15) is 4.79 Å². The highest BCUT2D eigenvalue weighted by molar-refractivity contribution is 5.70. The molecule has 0 aliphatic carbocycles. The molecule has 0 spiro atoms. The van der Waals surface area contributed by atoms with Gasteiger partial charge in [-0.3, -0.25) is 0 Å². The molecule has 5 heteroatoms. The van der Waals surface area contributed by atoms with Crippen molar-refractivity contribution in [3.8, 4) is 17.6 Å². The summed E-state index contributed by atoms with van der Waals surface area (Å²) in [7, 11) is 1.59. The number of amides is 1. The molecule has 0 atom stereocenters. The average molecular weight is 248 g/mol. The fourth-order valence-corrected chi connectivity index (χ4v) is 1.26. The molecule has 0 fully saturated rings. The Morgan fingerprint density at radius 2 is 1.94 bits per heavy atom. The van der Waals surface area contributed by atoms with Crippen LogP contribution < -0.4 is 9.47 Å². The van der Waals surface area contributed by atoms with E-state index in [2.05, 4.69) is 0 Å². The first-order valence-electron chi connectivity index (χ1n) is 5.70. The summed E-state index contributed by atoms with van der Waals surface area (Å²) in [6.07, 6.45) is -0.191. The molecule has 0 saturated carbocycles. The van der Waals surface area contributed by atoms with Gasteiger partial charge in [0.1, 0.15) is 11.5 Å². The Balaban J connectivity index is 2.51. The first-order chi connectivity index (χ1) is 8.67. The van der Waals surface area contributed by atoms with Crippen LogP contribution in [0.15, 0.2) is 24.3 Å². The van der Waals surface area contributed by atoms with E-state index in [1.165, 1.54) is 4.90 Å². The van der Waals surface area contributed by atoms with Crippen LogP contribution in [0.25, 0.3) is 0 Å². The Bertz CT molecular complexity index is 423. The SMILES string of the molecule is CCOc1ccc(OC(=O)N(C)CCC#N)cc1. The number of hydrogen-bond acceptors (Lipinski definition) is 4. The van der Waals surface area contributed by atoms with Crippen molar-refractivity contribution in [1.29, 1.82) is 5.26 Å². The second kappa shape index (κ2) is 7.17. The van der Waals surface area contributed by atoms with Crippen LogP contribution >= 0.6 is 0 Å². The van der Waals surface area contributed by atoms with Gasteiger partial charge in [0.25, 0.3) is 0 Å². The summed E-state index contributed by atoms with van der Waals surface area (Å²) < 4.78 is 10.4. The van der Waals surface area contributed by atoms with E-state index in [0.717, 1.165) is 5.75 Å². The molecule has 0 unspecified atom stereocenters. The predicted octanol–water partition coefficient (Wildman–Crippen LogP) is 2.43. The quantitative estimate of drug-likeness (QED) is 0.802. The number of rotatable bonds is 5. The molecular weight excluding hydrogens is 232 g/mol. The molecule has 0 N–H and O–H groups in total. The lowest BCUT2D eigenvalue weighted by Crippen LogP contribution is -2.30. The summed E-state index contributed by atoms with van der Waals surface area (Å²) in [5.41, 5.74) is 0. The van der Waals surface area contributed by atoms with Crippen LogP contribution in [0.4, 0.5) is 4.79 Å². The van der Waals surface area contributed by atoms with Gasteiger partial charge in [-0.15, -0.1) is 0 Å². The molecule has 1 amide bonds. The molecule has 1 aromatic carbocycles. The normalized spacial score (nSPS) is 9.39. The number of benzene rings is 1. The van der Waals surface area contributed by atoms with Crippen molar-refractivity contribution >= 4 is 6.09 Å². The highest BCUT2D eigenvalue weighted by Gasteiger charge is 2.10. The minimum atomic E-state index is -0.477. The zero-order chi connectivity index (χ0) is 13.4. The average Bonchev–Trinajstić information content (AvgIpc) is 2.38. The van der Waals surface area contributed by atoms with Crippen molar-refractivity contribution in [3.05, 3.63) is 24.3 Å². The van der Waals surface area contributed by atoms with Crippen LogP contribution in [0, 0.1) is 11.3 Å². The van der Waals surface area contributed by atoms with Gasteiger partial charge in [-0.2, -0.15) is 5.26 Å². The number of carbonyl (C=O) groups excluding carboxylic acids is 1. The van der Waals surface area contributed by atoms with E-state index in [-0.39, 0.29) is 6.42 Å². The molecule has 0 saturated heterocycles. The summed E-state index contributed by atoms with van der Waals surface area (Å²) in [6.45, 7) is 2.85. The second-order valence-electron chi connectivity index (χ2n) is 3.60. The van der Waals surface area contributed by atoms with E-state index < -0.39 is 6.09 Å². The Kier molecular flexibility index (Phi) is 5.52. The van der Waals surface area contributed by atoms with Gasteiger partial charge in [0, 0.05) is 13.6 Å². The lowest BCUT2D eigenvalue weighted by Gasteiger charge is -2.15. The molecule has 5 nitrogen and oxygen atoms in total. The lowest BCUT2D eigenvalue weighted by atomic mass is 10.3. The van der Waals surface area contributed by atoms with Crippen molar-refractivity contribution in [3.63, 3.8) is 0 Å². The zero-order valence-electron chi connectivity index (χ0n) is 10.5. The maximum Gasteiger partial charge on any atom is 0.414 e. The summed E-state index contributed by atoms with van der Waals surface area (Å²) in [5, 5.41) is 8.43. The fourth-order valence-electron chi connectivity index (χ4n) is 1.26. The first-order valence-corrected chi connectivity index (χ1v) is 5.70. The number of ether oxygens (including phenoxy) is 2. The van der Waals surface area contributed by atoms with Gasteiger partial charge in [-0.05, 0) is 31.2 Å². The van der Waals surface area contributed by atoms with Crippen LogP contribution in [-0.4, -0.2) is 31.2 Å². The van der Waals surface area contributed by atoms with Gasteiger partial charge >= 0.3 is 6.09 Å². The van der Waals surface area contributed by atoms with E-state index in [1.54, 1.807) is 31.3 Å². The number of carbonyl (C=O) groups is 1. The summed E-state index contributed by atoms with van der Waals surface area (Å²) >= 11 is 0. The maximum absolute atomic E-state index is 11.6. The molecule has 0 bridgehead atoms. The Morgan fingerprint density at radius 1 is 1.33 bits per heavy atom. The molecule has 0 aromatic heterocycles. The fraction of sp³-hybridized carbons (Fsp3) is 0.385. The van der Waals surface area contributed by atoms with Crippen LogP contribution in [0.5, 0.6) is 11.5 Å². The molecule has 0 heterocycles. The van der Waals surface area contributed by atoms with Gasteiger partial charge < -0.3 is 14.4 Å². The molecule has 0 aliphatic rings. The maximum atomic E-state index is 11.6. The molecule has 0 radical (unpaired) electrons. The van der Waals surface area contributed by atoms with Crippen LogP contribution in [0.2, 0.25) is 0 Å². The zero-order valence-corrected chi connectivity index (χ0v) is 10.5. The second-order valence-corrected chi connectivity index (χ2v) is 3.60. The van der Waals surface area contributed by atoms with Crippen LogP contribution in [-0.2, 0) is 0 Å². The van der Waals surface area contributed by atoms with Crippen molar-refractivity contribution in [1.82, 2.24) is 4.90 Å². The third-order valence-corrected chi connectivity index (χ3v) is 2.21. The van der Waals surface area contributed by atoms with Crippen molar-refractivity contribution < 1.29 is 14.3 Å². The van der Waals surface area contributed by atoms with Crippen molar-refractivity contribution in [2.24, 2.45) is 0 Å². The minimum Gasteiger partial charge on any atom is -0.494 e. The molecule has 96 valence electrons. The van der Waals surface area contributed by atoms with Crippen molar-refractivity contribution in [2.45, 2.75) is 13.3 Å². The topological polar surface area (TPSA) is 62.6 Å². The molecule has 1 rings (SSSR count). The van der Waals surface area contributed by atoms with E-state index in [4.69, 9.17) is 14.7 Å². The number of nitrogens with zero attached hydrogens (tertiary/aromatic N) is 2. The van der Waals surface area contributed by atoms with Gasteiger partial charge in [0.15, 0.2) is 0 Å². The van der Waals surface area contributed by atoms with Crippen LogP contribution in [0.3, 0.4) is 0 Å². The number of hydrogen-bond donors (Lipinski definition) is 0. The van der Waals surface area contributed by atoms with Gasteiger partial charge in [-0.1, -0.05) is 0 Å². The highest BCUT2D eigenvalue weighted by atomic mass is 16.6. The van der Waals surface area contributed by atoms with Gasteiger partial charge in [0.2, 0.25) is 0 Å². The predicted molar refractivity (Wildman–Crippen MR) is 66.5 cm³/mol. The van der Waals surface area contributed by atoms with Crippen molar-refractivity contribution in [2.75, 3.05) is 20.2 Å². The Labute approximate surface area is 107 Å². The summed E-state index contributed by atoms with van der Waals surface area (Å²) in [4.78, 5) is 13.0. The van der Waals surface area contributed by atoms with Gasteiger partial charge in [-0.25, -0.2) is 4.79 Å². The monoisotopic (exact) mass is 248 g/mol. The molecule has 1 aromatic rings. The number of nitriles is 1. The summed E-state index contributed by atoms with van der Waals surface area (Å²) in [6, 6.07) is 8.78. The minimum absolute atomic E-state index is 0.287. The van der Waals surface area contributed by atoms with Crippen LogP contribution in [0.1, 0.15) is 13.3 Å². The van der Waals surface area contributed by atoms with Gasteiger partial charge in [0.05, 0.1) is 19.1 Å². The first kappa shape index (κ1) is 13.8. The smallest absolute Gasteiger partial charge is 0.414 e. The van der Waals surface area contributed by atoms with E-state index >= 15 is 0 Å². The third kappa shape index (κ3) is 4.34. The Hall–Kier alpha value is -2.22. The van der Waals surface area contributed by atoms with E-state index in [1.807, 2.05) is 13.0 Å². The molecular formula is C13H16N2O3. The summed E-state index contributed by atoms with van der Waals surface area (Å²) in [5.74, 6) is 1.18. The third-order valence-electron chi connectivity index (χ3n) is 2.21. The highest BCUT2D eigenvalue weighted by Crippen LogP contribution is 2.18. The largest absolute Gasteiger partial charge is 0.494 e. The van der Waals surface area contributed by atoms with E-state index in [0.29, 0.717) is 18.9 Å². The molecule has 18 heavy (non-hydrogen) atoms. The molecule has 0 aliphatic heterocycles.